The molecular weight excluding hydrogens is 236 g/mol. The Morgan fingerprint density at radius 2 is 2.11 bits per heavy atom. The van der Waals surface area contributed by atoms with E-state index in [1.54, 1.807) is 7.11 Å². The lowest BCUT2D eigenvalue weighted by Crippen LogP contribution is -2.25. The molecule has 1 saturated carbocycles. The monoisotopic (exact) mass is 258 g/mol. The van der Waals surface area contributed by atoms with Gasteiger partial charge in [0, 0.05) is 6.54 Å². The summed E-state index contributed by atoms with van der Waals surface area (Å²) in [4.78, 5) is 0. The van der Waals surface area contributed by atoms with Crippen LogP contribution < -0.4 is 10.1 Å². The van der Waals surface area contributed by atoms with Crippen molar-refractivity contribution in [2.75, 3.05) is 20.2 Å². The van der Waals surface area contributed by atoms with Gasteiger partial charge >= 0.3 is 0 Å². The van der Waals surface area contributed by atoms with Crippen LogP contribution in [0.25, 0.3) is 0 Å². The van der Waals surface area contributed by atoms with Crippen molar-refractivity contribution in [2.24, 2.45) is 5.41 Å². The van der Waals surface area contributed by atoms with Gasteiger partial charge in [0.05, 0.1) is 18.6 Å². The number of nitrogens with one attached hydrogen (secondary N) is 1. The Labute approximate surface area is 115 Å². The van der Waals surface area contributed by atoms with Crippen LogP contribution in [0.1, 0.15) is 29.5 Å². The molecule has 1 aliphatic carbocycles. The molecule has 1 aliphatic rings. The van der Waals surface area contributed by atoms with Gasteiger partial charge in [-0.05, 0) is 62.4 Å². The molecule has 0 radical (unpaired) electrons. The van der Waals surface area contributed by atoms with Crippen LogP contribution in [0, 0.1) is 30.6 Å². The van der Waals surface area contributed by atoms with Crippen molar-refractivity contribution in [1.29, 1.82) is 5.26 Å². The molecule has 0 unspecified atom stereocenters. The van der Waals surface area contributed by atoms with Crippen molar-refractivity contribution < 1.29 is 4.74 Å². The summed E-state index contributed by atoms with van der Waals surface area (Å²) < 4.78 is 5.46. The van der Waals surface area contributed by atoms with Gasteiger partial charge in [-0.1, -0.05) is 6.07 Å². The molecule has 0 aromatic heterocycles. The highest BCUT2D eigenvalue weighted by atomic mass is 16.5. The van der Waals surface area contributed by atoms with Crippen molar-refractivity contribution in [3.63, 3.8) is 0 Å². The van der Waals surface area contributed by atoms with Gasteiger partial charge in [0.25, 0.3) is 0 Å². The number of aryl methyl sites for hydroxylation is 2. The summed E-state index contributed by atoms with van der Waals surface area (Å²) >= 11 is 0. The zero-order valence-corrected chi connectivity index (χ0v) is 12.0. The summed E-state index contributed by atoms with van der Waals surface area (Å²) in [7, 11) is 1.72. The Kier molecular flexibility index (Phi) is 4.11. The van der Waals surface area contributed by atoms with Crippen molar-refractivity contribution in [3.8, 4) is 11.8 Å². The quantitative estimate of drug-likeness (QED) is 0.798. The first-order chi connectivity index (χ1) is 9.10. The molecule has 0 spiro atoms. The van der Waals surface area contributed by atoms with Crippen LogP contribution in [0.15, 0.2) is 12.1 Å². The number of methoxy groups -OCH3 is 1. The largest absolute Gasteiger partial charge is 0.496 e. The molecule has 1 aromatic rings. The fraction of sp³-hybridized carbons (Fsp3) is 0.562. The normalized spacial score (nSPS) is 15.9. The van der Waals surface area contributed by atoms with Crippen LogP contribution in [0.3, 0.4) is 0 Å². The SMILES string of the molecule is COc1cc(C)cc(C)c1CCNCC1(C#N)CC1. The number of rotatable bonds is 6. The van der Waals surface area contributed by atoms with Gasteiger partial charge in [0.1, 0.15) is 5.75 Å². The molecule has 0 amide bonds. The zero-order valence-electron chi connectivity index (χ0n) is 12.0. The third-order valence-electron chi connectivity index (χ3n) is 3.90. The second-order valence-electron chi connectivity index (χ2n) is 5.58. The molecule has 0 bridgehead atoms. The lowest BCUT2D eigenvalue weighted by molar-refractivity contribution is 0.408. The number of nitriles is 1. The van der Waals surface area contributed by atoms with Gasteiger partial charge in [-0.15, -0.1) is 0 Å². The average Bonchev–Trinajstić information content (AvgIpc) is 3.16. The van der Waals surface area contributed by atoms with E-state index in [0.29, 0.717) is 0 Å². The van der Waals surface area contributed by atoms with Gasteiger partial charge in [0.15, 0.2) is 0 Å². The van der Waals surface area contributed by atoms with Crippen molar-refractivity contribution in [3.05, 3.63) is 28.8 Å². The molecular formula is C16H22N2O. The van der Waals surface area contributed by atoms with Gasteiger partial charge < -0.3 is 10.1 Å². The van der Waals surface area contributed by atoms with Crippen LogP contribution in [0.4, 0.5) is 0 Å². The van der Waals surface area contributed by atoms with Gasteiger partial charge in [-0.3, -0.25) is 0 Å². The smallest absolute Gasteiger partial charge is 0.122 e. The van der Waals surface area contributed by atoms with E-state index in [0.717, 1.165) is 38.1 Å². The Bertz CT molecular complexity index is 498. The third kappa shape index (κ3) is 3.27. The maximum Gasteiger partial charge on any atom is 0.122 e. The van der Waals surface area contributed by atoms with E-state index in [-0.39, 0.29) is 5.41 Å². The molecule has 0 aliphatic heterocycles. The molecule has 1 N–H and O–H groups in total. The van der Waals surface area contributed by atoms with E-state index >= 15 is 0 Å². The first-order valence-corrected chi connectivity index (χ1v) is 6.86. The van der Waals surface area contributed by atoms with E-state index < -0.39 is 0 Å². The molecule has 2 rings (SSSR count). The Balaban J connectivity index is 1.91. The van der Waals surface area contributed by atoms with E-state index in [9.17, 15) is 0 Å². The van der Waals surface area contributed by atoms with Crippen LogP contribution in [-0.4, -0.2) is 20.2 Å². The molecule has 3 nitrogen and oxygen atoms in total. The van der Waals surface area contributed by atoms with Crippen molar-refractivity contribution >= 4 is 0 Å². The second-order valence-corrected chi connectivity index (χ2v) is 5.58. The molecule has 0 atom stereocenters. The van der Waals surface area contributed by atoms with Crippen LogP contribution in [-0.2, 0) is 6.42 Å². The predicted molar refractivity (Wildman–Crippen MR) is 76.3 cm³/mol. The summed E-state index contributed by atoms with van der Waals surface area (Å²) in [6.07, 6.45) is 3.03. The minimum Gasteiger partial charge on any atom is -0.496 e. The predicted octanol–water partition coefficient (Wildman–Crippen LogP) is 2.75. The number of hydrogen-bond donors (Lipinski definition) is 1. The van der Waals surface area contributed by atoms with E-state index in [1.807, 2.05) is 0 Å². The highest BCUT2D eigenvalue weighted by Gasteiger charge is 2.42. The fourth-order valence-corrected chi connectivity index (χ4v) is 2.48. The van der Waals surface area contributed by atoms with Gasteiger partial charge in [-0.2, -0.15) is 5.26 Å². The van der Waals surface area contributed by atoms with Crippen molar-refractivity contribution in [2.45, 2.75) is 33.1 Å². The van der Waals surface area contributed by atoms with Crippen LogP contribution in [0.2, 0.25) is 0 Å². The van der Waals surface area contributed by atoms with Crippen molar-refractivity contribution in [1.82, 2.24) is 5.32 Å². The molecule has 1 fully saturated rings. The lowest BCUT2D eigenvalue weighted by atomic mass is 10.0. The highest BCUT2D eigenvalue weighted by Crippen LogP contribution is 2.43. The number of hydrogen-bond acceptors (Lipinski definition) is 3. The molecule has 19 heavy (non-hydrogen) atoms. The highest BCUT2D eigenvalue weighted by molar-refractivity contribution is 5.43. The van der Waals surface area contributed by atoms with Crippen LogP contribution in [0.5, 0.6) is 5.75 Å². The molecule has 1 aromatic carbocycles. The summed E-state index contributed by atoms with van der Waals surface area (Å²) in [5.41, 5.74) is 3.71. The van der Waals surface area contributed by atoms with Gasteiger partial charge in [0.2, 0.25) is 0 Å². The first-order valence-electron chi connectivity index (χ1n) is 6.86. The second kappa shape index (κ2) is 5.63. The standard InChI is InChI=1S/C16H22N2O/c1-12-8-13(2)14(15(9-12)19-3)4-7-18-11-16(10-17)5-6-16/h8-9,18H,4-7,11H2,1-3H3. The third-order valence-corrected chi connectivity index (χ3v) is 3.90. The molecule has 102 valence electrons. The Morgan fingerprint density at radius 3 is 2.68 bits per heavy atom. The maximum absolute atomic E-state index is 9.02. The van der Waals surface area contributed by atoms with E-state index in [2.05, 4.69) is 37.4 Å². The lowest BCUT2D eigenvalue weighted by Gasteiger charge is -2.14. The average molecular weight is 258 g/mol. The van der Waals surface area contributed by atoms with E-state index in [4.69, 9.17) is 10.00 Å². The minimum absolute atomic E-state index is 0.0631. The Hall–Kier alpha value is -1.53. The summed E-state index contributed by atoms with van der Waals surface area (Å²) in [6, 6.07) is 6.68. The minimum atomic E-state index is -0.0631. The Morgan fingerprint density at radius 1 is 1.37 bits per heavy atom. The topological polar surface area (TPSA) is 45.0 Å². The number of nitrogens with zero attached hydrogens (tertiary/aromatic N) is 1. The maximum atomic E-state index is 9.02. The summed E-state index contributed by atoms with van der Waals surface area (Å²) in [5.74, 6) is 0.973. The number of ether oxygens (including phenoxy) is 1. The molecule has 0 saturated heterocycles. The van der Waals surface area contributed by atoms with Gasteiger partial charge in [-0.25, -0.2) is 0 Å². The van der Waals surface area contributed by atoms with E-state index in [1.165, 1.54) is 16.7 Å². The molecule has 3 heteroatoms. The summed E-state index contributed by atoms with van der Waals surface area (Å²) in [5, 5.41) is 12.4. The number of benzene rings is 1. The fourth-order valence-electron chi connectivity index (χ4n) is 2.48. The molecule has 0 heterocycles. The van der Waals surface area contributed by atoms with Crippen LogP contribution >= 0.6 is 0 Å². The zero-order chi connectivity index (χ0) is 13.9. The first kappa shape index (κ1) is 13.9. The summed E-state index contributed by atoms with van der Waals surface area (Å²) in [6.45, 7) is 5.92.